The van der Waals surface area contributed by atoms with Gasteiger partial charge in [-0.1, -0.05) is 11.6 Å². The Bertz CT molecular complexity index is 123. The quantitative estimate of drug-likeness (QED) is 0.563. The Morgan fingerprint density at radius 1 is 1.38 bits per heavy atom. The van der Waals surface area contributed by atoms with Gasteiger partial charge in [0.2, 0.25) is 0 Å². The molecule has 13 heavy (non-hydrogen) atoms. The van der Waals surface area contributed by atoms with Gasteiger partial charge in [-0.15, -0.1) is 0 Å². The van der Waals surface area contributed by atoms with Crippen molar-refractivity contribution in [2.45, 2.75) is 39.9 Å². The van der Waals surface area contributed by atoms with Gasteiger partial charge in [0, 0.05) is 6.10 Å². The van der Waals surface area contributed by atoms with E-state index in [9.17, 15) is 4.79 Å². The SMILES string of the molecule is CC(C)O.CC(C)OC(=O)OCCl. The highest BCUT2D eigenvalue weighted by Crippen LogP contribution is 1.92. The summed E-state index contributed by atoms with van der Waals surface area (Å²) in [4.78, 5) is 10.3. The highest BCUT2D eigenvalue weighted by molar-refractivity contribution is 6.17. The van der Waals surface area contributed by atoms with Crippen LogP contribution in [0.1, 0.15) is 27.7 Å². The van der Waals surface area contributed by atoms with Crippen molar-refractivity contribution in [3.8, 4) is 0 Å². The second kappa shape index (κ2) is 9.61. The van der Waals surface area contributed by atoms with E-state index >= 15 is 0 Å². The first-order valence-corrected chi connectivity index (χ1v) is 4.51. The largest absolute Gasteiger partial charge is 0.509 e. The first-order valence-electron chi connectivity index (χ1n) is 3.97. The summed E-state index contributed by atoms with van der Waals surface area (Å²) in [5.41, 5.74) is 0. The Hall–Kier alpha value is -0.480. The average molecular weight is 213 g/mol. The van der Waals surface area contributed by atoms with Crippen molar-refractivity contribution in [1.29, 1.82) is 0 Å². The van der Waals surface area contributed by atoms with E-state index in [4.69, 9.17) is 16.7 Å². The van der Waals surface area contributed by atoms with Crippen molar-refractivity contribution in [3.05, 3.63) is 0 Å². The minimum Gasteiger partial charge on any atom is -0.432 e. The van der Waals surface area contributed by atoms with Gasteiger partial charge in [0.1, 0.15) is 0 Å². The summed E-state index contributed by atoms with van der Waals surface area (Å²) in [5.74, 6) is 0. The molecule has 0 aromatic heterocycles. The van der Waals surface area contributed by atoms with Crippen LogP contribution in [-0.4, -0.2) is 29.5 Å². The number of hydrogen-bond acceptors (Lipinski definition) is 4. The highest BCUT2D eigenvalue weighted by Gasteiger charge is 2.03. The molecule has 0 saturated carbocycles. The number of carbonyl (C=O) groups is 1. The topological polar surface area (TPSA) is 55.8 Å². The van der Waals surface area contributed by atoms with Crippen LogP contribution in [0.5, 0.6) is 0 Å². The van der Waals surface area contributed by atoms with E-state index < -0.39 is 6.16 Å². The van der Waals surface area contributed by atoms with Gasteiger partial charge in [0.25, 0.3) is 0 Å². The summed E-state index contributed by atoms with van der Waals surface area (Å²) in [7, 11) is 0. The number of aliphatic hydroxyl groups is 1. The molecule has 0 unspecified atom stereocenters. The molecule has 0 aromatic carbocycles. The molecule has 0 aromatic rings. The maximum atomic E-state index is 10.3. The van der Waals surface area contributed by atoms with Crippen LogP contribution in [0.15, 0.2) is 0 Å². The molecule has 0 spiro atoms. The fraction of sp³-hybridized carbons (Fsp3) is 0.875. The molecule has 5 heteroatoms. The Labute approximate surface area is 83.8 Å². The molecule has 0 radical (unpaired) electrons. The number of ether oxygens (including phenoxy) is 2. The van der Waals surface area contributed by atoms with Crippen LogP contribution in [0.2, 0.25) is 0 Å². The van der Waals surface area contributed by atoms with E-state index in [1.807, 2.05) is 0 Å². The lowest BCUT2D eigenvalue weighted by atomic mass is 10.5. The van der Waals surface area contributed by atoms with Crippen LogP contribution in [0.25, 0.3) is 0 Å². The van der Waals surface area contributed by atoms with Crippen molar-refractivity contribution >= 4 is 17.8 Å². The number of rotatable bonds is 2. The van der Waals surface area contributed by atoms with Crippen LogP contribution in [0, 0.1) is 0 Å². The molecule has 80 valence electrons. The van der Waals surface area contributed by atoms with Crippen molar-refractivity contribution < 1.29 is 19.4 Å². The zero-order valence-electron chi connectivity index (χ0n) is 8.41. The van der Waals surface area contributed by atoms with Gasteiger partial charge in [-0.05, 0) is 27.7 Å². The van der Waals surface area contributed by atoms with Gasteiger partial charge in [0.15, 0.2) is 6.07 Å². The molecular weight excluding hydrogens is 196 g/mol. The maximum Gasteiger partial charge on any atom is 0.509 e. The third kappa shape index (κ3) is 24.6. The summed E-state index contributed by atoms with van der Waals surface area (Å²) in [5, 5.41) is 8.06. The third-order valence-corrected chi connectivity index (χ3v) is 0.613. The summed E-state index contributed by atoms with van der Waals surface area (Å²) < 4.78 is 8.80. The van der Waals surface area contributed by atoms with E-state index in [1.54, 1.807) is 27.7 Å². The van der Waals surface area contributed by atoms with Gasteiger partial charge in [-0.2, -0.15) is 0 Å². The lowest BCUT2D eigenvalue weighted by molar-refractivity contribution is 0.0453. The van der Waals surface area contributed by atoms with E-state index in [2.05, 4.69) is 9.47 Å². The molecule has 0 bridgehead atoms. The van der Waals surface area contributed by atoms with Crippen LogP contribution in [-0.2, 0) is 9.47 Å². The van der Waals surface area contributed by atoms with Gasteiger partial charge < -0.3 is 14.6 Å². The molecule has 0 heterocycles. The molecule has 0 aliphatic heterocycles. The molecule has 0 amide bonds. The minimum atomic E-state index is -0.722. The molecule has 1 N–H and O–H groups in total. The Morgan fingerprint density at radius 3 is 2.00 bits per heavy atom. The number of alkyl halides is 1. The molecular formula is C8H17ClO4. The first-order chi connectivity index (χ1) is 5.90. The zero-order valence-corrected chi connectivity index (χ0v) is 9.17. The second-order valence-electron chi connectivity index (χ2n) is 2.76. The zero-order chi connectivity index (χ0) is 10.9. The summed E-state index contributed by atoms with van der Waals surface area (Å²) >= 11 is 5.06. The monoisotopic (exact) mass is 212 g/mol. The van der Waals surface area contributed by atoms with Gasteiger partial charge in [-0.25, -0.2) is 4.79 Å². The fourth-order valence-corrected chi connectivity index (χ4v) is 0.360. The predicted molar refractivity (Wildman–Crippen MR) is 50.8 cm³/mol. The van der Waals surface area contributed by atoms with Crippen LogP contribution < -0.4 is 0 Å². The van der Waals surface area contributed by atoms with Crippen LogP contribution >= 0.6 is 11.6 Å². The maximum absolute atomic E-state index is 10.3. The van der Waals surface area contributed by atoms with Gasteiger partial charge >= 0.3 is 6.16 Å². The second-order valence-corrected chi connectivity index (χ2v) is 2.98. The summed E-state index contributed by atoms with van der Waals surface area (Å²) in [6, 6.07) is -0.161. The first kappa shape index (κ1) is 15.0. The van der Waals surface area contributed by atoms with Gasteiger partial charge in [0.05, 0.1) is 6.10 Å². The minimum absolute atomic E-state index is 0.152. The number of hydrogen-bond donors (Lipinski definition) is 1. The van der Waals surface area contributed by atoms with E-state index in [0.29, 0.717) is 0 Å². The molecule has 0 fully saturated rings. The molecule has 0 rings (SSSR count). The van der Waals surface area contributed by atoms with E-state index in [-0.39, 0.29) is 18.3 Å². The van der Waals surface area contributed by atoms with Crippen molar-refractivity contribution in [2.75, 3.05) is 6.07 Å². The molecule has 0 atom stereocenters. The van der Waals surface area contributed by atoms with E-state index in [0.717, 1.165) is 0 Å². The highest BCUT2D eigenvalue weighted by atomic mass is 35.5. The molecule has 0 aliphatic rings. The lowest BCUT2D eigenvalue weighted by Crippen LogP contribution is -2.11. The molecule has 0 saturated heterocycles. The summed E-state index contributed by atoms with van der Waals surface area (Å²) in [6.07, 6.45) is -1.04. The Balaban J connectivity index is 0. The molecule has 0 aliphatic carbocycles. The van der Waals surface area contributed by atoms with Crippen molar-refractivity contribution in [1.82, 2.24) is 0 Å². The predicted octanol–water partition coefficient (Wildman–Crippen LogP) is 2.13. The normalized spacial score (nSPS) is 9.23. The van der Waals surface area contributed by atoms with Crippen LogP contribution in [0.4, 0.5) is 4.79 Å². The smallest absolute Gasteiger partial charge is 0.432 e. The Kier molecular flexibility index (Phi) is 11.1. The van der Waals surface area contributed by atoms with Crippen molar-refractivity contribution in [3.63, 3.8) is 0 Å². The van der Waals surface area contributed by atoms with Crippen molar-refractivity contribution in [2.24, 2.45) is 0 Å². The number of aliphatic hydroxyl groups excluding tert-OH is 1. The van der Waals surface area contributed by atoms with Gasteiger partial charge in [-0.3, -0.25) is 0 Å². The number of carbonyl (C=O) groups excluding carboxylic acids is 1. The lowest BCUT2D eigenvalue weighted by Gasteiger charge is -2.05. The molecule has 4 nitrogen and oxygen atoms in total. The number of halogens is 1. The third-order valence-electron chi connectivity index (χ3n) is 0.504. The fourth-order valence-electron chi connectivity index (χ4n) is 0.271. The average Bonchev–Trinajstić information content (AvgIpc) is 1.83. The van der Waals surface area contributed by atoms with E-state index in [1.165, 1.54) is 0 Å². The Morgan fingerprint density at radius 2 is 1.77 bits per heavy atom. The standard InChI is InChI=1S/C5H9ClO3.C3H8O/c1-4(2)9-5(7)8-3-6;1-3(2)4/h4H,3H2,1-2H3;3-4H,1-2H3. The van der Waals surface area contributed by atoms with Crippen LogP contribution in [0.3, 0.4) is 0 Å². The summed E-state index contributed by atoms with van der Waals surface area (Å²) in [6.45, 7) is 6.91.